The Bertz CT molecular complexity index is 1500. The van der Waals surface area contributed by atoms with Gasteiger partial charge in [-0.15, -0.1) is 0 Å². The zero-order valence-corrected chi connectivity index (χ0v) is 21.4. The maximum Gasteiger partial charge on any atom is 0.255 e. The molecular formula is C26H20BrF2N2O4S-. The number of nitrogens with zero attached hydrogens (tertiary/aromatic N) is 1. The summed E-state index contributed by atoms with van der Waals surface area (Å²) in [5, 5.41) is 3.14. The van der Waals surface area contributed by atoms with Gasteiger partial charge in [0.25, 0.3) is 5.91 Å². The van der Waals surface area contributed by atoms with Crippen LogP contribution in [-0.2, 0) is 17.8 Å². The third-order valence-corrected chi connectivity index (χ3v) is 7.37. The SMILES string of the molecule is CNC(=O)c1c(-c2ccc(F)cc2)oc2cc(N(Cc3ccc(Br)cc3F)S(=O)[O-])c(C3CC3)cc12. The molecular weight excluding hydrogens is 554 g/mol. The van der Waals surface area contributed by atoms with E-state index in [-0.39, 0.29) is 35.3 Å². The maximum atomic E-state index is 14.6. The number of halogens is 3. The van der Waals surface area contributed by atoms with Gasteiger partial charge >= 0.3 is 0 Å². The molecule has 0 aliphatic heterocycles. The Morgan fingerprint density at radius 2 is 1.89 bits per heavy atom. The van der Waals surface area contributed by atoms with Crippen LogP contribution in [0.25, 0.3) is 22.3 Å². The van der Waals surface area contributed by atoms with Crippen molar-refractivity contribution in [1.82, 2.24) is 5.32 Å². The fourth-order valence-electron chi connectivity index (χ4n) is 4.26. The Morgan fingerprint density at radius 1 is 1.17 bits per heavy atom. The molecule has 0 saturated heterocycles. The molecule has 1 aromatic heterocycles. The monoisotopic (exact) mass is 573 g/mol. The van der Waals surface area contributed by atoms with Crippen LogP contribution >= 0.6 is 15.9 Å². The molecule has 6 nitrogen and oxygen atoms in total. The summed E-state index contributed by atoms with van der Waals surface area (Å²) in [4.78, 5) is 12.9. The van der Waals surface area contributed by atoms with Gasteiger partial charge in [-0.05, 0) is 66.8 Å². The number of nitrogens with one attached hydrogen (secondary N) is 1. The fourth-order valence-corrected chi connectivity index (χ4v) is 5.16. The largest absolute Gasteiger partial charge is 0.755 e. The van der Waals surface area contributed by atoms with Gasteiger partial charge in [0, 0.05) is 45.4 Å². The van der Waals surface area contributed by atoms with Crippen LogP contribution in [0, 0.1) is 11.6 Å². The van der Waals surface area contributed by atoms with Crippen LogP contribution < -0.4 is 9.62 Å². The van der Waals surface area contributed by atoms with Crippen molar-refractivity contribution in [1.29, 1.82) is 0 Å². The minimum atomic E-state index is -2.72. The first-order chi connectivity index (χ1) is 17.3. The van der Waals surface area contributed by atoms with Gasteiger partial charge in [0.05, 0.1) is 17.8 Å². The number of fused-ring (bicyclic) bond motifs is 1. The van der Waals surface area contributed by atoms with E-state index in [1.165, 1.54) is 43.4 Å². The van der Waals surface area contributed by atoms with Crippen molar-refractivity contribution in [3.05, 3.63) is 87.4 Å². The van der Waals surface area contributed by atoms with Gasteiger partial charge in [0.2, 0.25) is 0 Å². The van der Waals surface area contributed by atoms with E-state index in [1.807, 2.05) is 0 Å². The first-order valence-electron chi connectivity index (χ1n) is 11.2. The van der Waals surface area contributed by atoms with Gasteiger partial charge in [0.15, 0.2) is 0 Å². The highest BCUT2D eigenvalue weighted by Crippen LogP contribution is 2.48. The Kier molecular flexibility index (Phi) is 6.67. The standard InChI is InChI=1S/C26H21BrF2N2O4S/c1-30-26(32)24-20-11-19(14-2-3-14)22(12-23(20)35-25(24)15-5-8-18(28)9-6-15)31(36(33)34)13-16-4-7-17(27)10-21(16)29/h4-12,14H,2-3,13H2,1H3,(H,30,32)(H,33,34)/p-1. The van der Waals surface area contributed by atoms with E-state index >= 15 is 0 Å². The number of amides is 1. The second kappa shape index (κ2) is 9.76. The Labute approximate surface area is 216 Å². The molecule has 186 valence electrons. The third kappa shape index (κ3) is 4.68. The molecule has 1 heterocycles. The van der Waals surface area contributed by atoms with Gasteiger partial charge in [-0.1, -0.05) is 22.0 Å². The minimum Gasteiger partial charge on any atom is -0.755 e. The smallest absolute Gasteiger partial charge is 0.255 e. The lowest BCUT2D eigenvalue weighted by Gasteiger charge is -2.29. The molecule has 4 aromatic rings. The zero-order chi connectivity index (χ0) is 25.6. The van der Waals surface area contributed by atoms with Crippen LogP contribution in [-0.4, -0.2) is 21.7 Å². The molecule has 10 heteroatoms. The second-order valence-corrected chi connectivity index (χ2v) is 10.4. The van der Waals surface area contributed by atoms with Crippen LogP contribution in [0.4, 0.5) is 14.5 Å². The van der Waals surface area contributed by atoms with Crippen molar-refractivity contribution in [2.24, 2.45) is 0 Å². The van der Waals surface area contributed by atoms with Gasteiger partial charge in [-0.3, -0.25) is 13.3 Å². The minimum absolute atomic E-state index is 0.104. The molecule has 1 amide bonds. The van der Waals surface area contributed by atoms with E-state index in [0.717, 1.165) is 22.7 Å². The van der Waals surface area contributed by atoms with Gasteiger partial charge in [0.1, 0.15) is 23.0 Å². The Morgan fingerprint density at radius 3 is 2.50 bits per heavy atom. The maximum absolute atomic E-state index is 14.6. The Hall–Kier alpha value is -3.08. The van der Waals surface area contributed by atoms with E-state index in [4.69, 9.17) is 4.42 Å². The average Bonchev–Trinajstić information content (AvgIpc) is 3.63. The summed E-state index contributed by atoms with van der Waals surface area (Å²) in [5.74, 6) is -0.997. The summed E-state index contributed by atoms with van der Waals surface area (Å²) < 4.78 is 60.5. The highest BCUT2D eigenvalue weighted by atomic mass is 79.9. The number of carbonyl (C=O) groups excluding carboxylic acids is 1. The van der Waals surface area contributed by atoms with Gasteiger partial charge in [-0.25, -0.2) is 8.78 Å². The summed E-state index contributed by atoms with van der Waals surface area (Å²) in [6.07, 6.45) is 1.73. The van der Waals surface area contributed by atoms with E-state index in [9.17, 15) is 22.3 Å². The van der Waals surface area contributed by atoms with Crippen molar-refractivity contribution in [2.45, 2.75) is 25.3 Å². The third-order valence-electron chi connectivity index (χ3n) is 6.19. The first kappa shape index (κ1) is 24.6. The van der Waals surface area contributed by atoms with Gasteiger partial charge < -0.3 is 14.3 Å². The van der Waals surface area contributed by atoms with Crippen molar-refractivity contribution in [2.75, 3.05) is 11.4 Å². The molecule has 1 unspecified atom stereocenters. The van der Waals surface area contributed by atoms with Crippen LogP contribution in [0.5, 0.6) is 0 Å². The predicted octanol–water partition coefficient (Wildman–Crippen LogP) is 6.18. The van der Waals surface area contributed by atoms with E-state index in [2.05, 4.69) is 21.2 Å². The van der Waals surface area contributed by atoms with E-state index in [1.54, 1.807) is 18.2 Å². The summed E-state index contributed by atoms with van der Waals surface area (Å²) in [6, 6.07) is 13.4. The van der Waals surface area contributed by atoms with Crippen molar-refractivity contribution in [3.8, 4) is 11.3 Å². The Balaban J connectivity index is 1.69. The number of hydrogen-bond acceptors (Lipinski definition) is 4. The fraction of sp³-hybridized carbons (Fsp3) is 0.192. The molecule has 1 fully saturated rings. The number of hydrogen-bond donors (Lipinski definition) is 1. The summed E-state index contributed by atoms with van der Waals surface area (Å²) in [5.41, 5.74) is 2.38. The topological polar surface area (TPSA) is 85.6 Å². The molecule has 0 bridgehead atoms. The summed E-state index contributed by atoms with van der Waals surface area (Å²) in [6.45, 7) is -0.214. The number of anilines is 1. The molecule has 0 spiro atoms. The van der Waals surface area contributed by atoms with Crippen molar-refractivity contribution in [3.63, 3.8) is 0 Å². The zero-order valence-electron chi connectivity index (χ0n) is 19.0. The highest BCUT2D eigenvalue weighted by Gasteiger charge is 2.31. The molecule has 3 aromatic carbocycles. The van der Waals surface area contributed by atoms with Crippen LogP contribution in [0.2, 0.25) is 0 Å². The lowest BCUT2D eigenvalue weighted by atomic mass is 10.00. The molecule has 1 atom stereocenters. The number of furan rings is 1. The molecule has 1 aliphatic rings. The van der Waals surface area contributed by atoms with E-state index < -0.39 is 22.9 Å². The molecule has 1 saturated carbocycles. The highest BCUT2D eigenvalue weighted by molar-refractivity contribution is 9.10. The molecule has 0 radical (unpaired) electrons. The number of rotatable bonds is 7. The first-order valence-corrected chi connectivity index (χ1v) is 13.0. The van der Waals surface area contributed by atoms with Crippen LogP contribution in [0.1, 0.15) is 40.2 Å². The average molecular weight is 574 g/mol. The summed E-state index contributed by atoms with van der Waals surface area (Å²) in [7, 11) is 1.50. The molecule has 36 heavy (non-hydrogen) atoms. The lowest BCUT2D eigenvalue weighted by Crippen LogP contribution is -2.26. The molecule has 1 N–H and O–H groups in total. The number of carbonyl (C=O) groups is 1. The number of benzene rings is 3. The van der Waals surface area contributed by atoms with Crippen molar-refractivity contribution < 1.29 is 26.8 Å². The van der Waals surface area contributed by atoms with Crippen molar-refractivity contribution >= 4 is 49.8 Å². The van der Waals surface area contributed by atoms with E-state index in [0.29, 0.717) is 26.7 Å². The van der Waals surface area contributed by atoms with Crippen LogP contribution in [0.3, 0.4) is 0 Å². The van der Waals surface area contributed by atoms with Crippen LogP contribution in [0.15, 0.2) is 63.5 Å². The lowest BCUT2D eigenvalue weighted by molar-refractivity contribution is 0.0964. The normalized spacial score (nSPS) is 14.1. The summed E-state index contributed by atoms with van der Waals surface area (Å²) >= 11 is 0.495. The molecule has 5 rings (SSSR count). The predicted molar refractivity (Wildman–Crippen MR) is 136 cm³/mol. The van der Waals surface area contributed by atoms with Gasteiger partial charge in [-0.2, -0.15) is 0 Å². The quantitative estimate of drug-likeness (QED) is 0.267. The second-order valence-electron chi connectivity index (χ2n) is 8.56. The molecule has 1 aliphatic carbocycles.